The number of anilines is 1. The second-order valence-electron chi connectivity index (χ2n) is 11.6. The second kappa shape index (κ2) is 10.2. The number of benzene rings is 2. The van der Waals surface area contributed by atoms with Crippen LogP contribution in [-0.4, -0.2) is 26.8 Å². The number of ether oxygens (including phenoxy) is 1. The van der Waals surface area contributed by atoms with Crippen LogP contribution in [0.5, 0.6) is 0 Å². The average molecular weight is 524 g/mol. The Morgan fingerprint density at radius 3 is 2.19 bits per heavy atom. The van der Waals surface area contributed by atoms with Gasteiger partial charge in [-0.3, -0.25) is 9.52 Å². The molecule has 2 aromatic rings. The largest absolute Gasteiger partial charge is 0.454 e. The first-order valence-corrected chi connectivity index (χ1v) is 15.1. The summed E-state index contributed by atoms with van der Waals surface area (Å²) in [5.41, 5.74) is 2.06. The number of hydrogen-bond acceptors (Lipinski definition) is 5. The fourth-order valence-corrected chi connectivity index (χ4v) is 8.22. The van der Waals surface area contributed by atoms with Gasteiger partial charge in [0.25, 0.3) is 10.0 Å². The first-order valence-electron chi connectivity index (χ1n) is 13.6. The molecule has 0 saturated heterocycles. The molecule has 6 rings (SSSR count). The summed E-state index contributed by atoms with van der Waals surface area (Å²) in [4.78, 5) is 26.2. The van der Waals surface area contributed by atoms with Crippen molar-refractivity contribution in [2.45, 2.75) is 76.5 Å². The van der Waals surface area contributed by atoms with E-state index in [1.807, 2.05) is 12.1 Å². The lowest BCUT2D eigenvalue weighted by molar-refractivity contribution is -0.147. The standard InChI is InChI=1S/C30H37NO5S/c1-3-4-5-21-7-9-25(10-8-21)31-37(34,35)26-11-6-20(2)27(15-26)29(33)36-19-28(32)30-16-22-12-23(17-30)14-24(13-22)18-30/h6-11,15,22-24,31H,3-5,12-14,16-19H2,1-2H3. The molecule has 0 atom stereocenters. The highest BCUT2D eigenvalue weighted by atomic mass is 32.2. The molecule has 0 aliphatic heterocycles. The molecule has 4 fully saturated rings. The van der Waals surface area contributed by atoms with Crippen molar-refractivity contribution in [2.75, 3.05) is 11.3 Å². The average Bonchev–Trinajstić information content (AvgIpc) is 2.85. The highest BCUT2D eigenvalue weighted by molar-refractivity contribution is 7.92. The van der Waals surface area contributed by atoms with Crippen LogP contribution in [0.2, 0.25) is 0 Å². The molecule has 7 heteroatoms. The van der Waals surface area contributed by atoms with Crippen LogP contribution in [-0.2, 0) is 26.0 Å². The van der Waals surface area contributed by atoms with E-state index >= 15 is 0 Å². The summed E-state index contributed by atoms with van der Waals surface area (Å²) >= 11 is 0. The van der Waals surface area contributed by atoms with Crippen molar-refractivity contribution in [1.82, 2.24) is 0 Å². The molecule has 37 heavy (non-hydrogen) atoms. The molecule has 0 heterocycles. The predicted molar refractivity (Wildman–Crippen MR) is 143 cm³/mol. The third kappa shape index (κ3) is 5.47. The predicted octanol–water partition coefficient (Wildman–Crippen LogP) is 6.08. The number of sulfonamides is 1. The lowest BCUT2D eigenvalue weighted by Crippen LogP contribution is -2.51. The van der Waals surface area contributed by atoms with Gasteiger partial charge in [-0.15, -0.1) is 0 Å². The smallest absolute Gasteiger partial charge is 0.338 e. The van der Waals surface area contributed by atoms with E-state index in [1.165, 1.54) is 31.4 Å². The molecule has 198 valence electrons. The summed E-state index contributed by atoms with van der Waals surface area (Å²) in [7, 11) is -3.90. The third-order valence-electron chi connectivity index (χ3n) is 8.73. The van der Waals surface area contributed by atoms with Crippen LogP contribution < -0.4 is 4.72 Å². The lowest BCUT2D eigenvalue weighted by Gasteiger charge is -2.55. The minimum Gasteiger partial charge on any atom is -0.454 e. The van der Waals surface area contributed by atoms with Gasteiger partial charge in [0, 0.05) is 11.1 Å². The van der Waals surface area contributed by atoms with E-state index in [0.29, 0.717) is 29.0 Å². The van der Waals surface area contributed by atoms with Crippen molar-refractivity contribution in [3.63, 3.8) is 0 Å². The Labute approximate surface area is 220 Å². The Kier molecular flexibility index (Phi) is 7.18. The van der Waals surface area contributed by atoms with Crippen molar-refractivity contribution in [2.24, 2.45) is 23.2 Å². The summed E-state index contributed by atoms with van der Waals surface area (Å²) in [5.74, 6) is 1.28. The van der Waals surface area contributed by atoms with Gasteiger partial charge in [-0.05, 0) is 111 Å². The number of carbonyl (C=O) groups is 2. The highest BCUT2D eigenvalue weighted by Gasteiger charge is 2.54. The van der Waals surface area contributed by atoms with E-state index in [9.17, 15) is 18.0 Å². The van der Waals surface area contributed by atoms with E-state index in [0.717, 1.165) is 44.1 Å². The monoisotopic (exact) mass is 523 g/mol. The van der Waals surface area contributed by atoms with Crippen LogP contribution in [0.1, 0.15) is 79.8 Å². The van der Waals surface area contributed by atoms with Gasteiger partial charge in [-0.2, -0.15) is 0 Å². The maximum atomic E-state index is 13.2. The summed E-state index contributed by atoms with van der Waals surface area (Å²) in [6, 6.07) is 11.8. The van der Waals surface area contributed by atoms with E-state index in [-0.39, 0.29) is 28.3 Å². The van der Waals surface area contributed by atoms with Gasteiger partial charge < -0.3 is 4.74 Å². The van der Waals surface area contributed by atoms with Crippen LogP contribution in [0.25, 0.3) is 0 Å². The molecule has 6 nitrogen and oxygen atoms in total. The van der Waals surface area contributed by atoms with E-state index in [4.69, 9.17) is 4.74 Å². The van der Waals surface area contributed by atoms with Gasteiger partial charge in [0.1, 0.15) is 0 Å². The number of rotatable bonds is 10. The summed E-state index contributed by atoms with van der Waals surface area (Å²) < 4.78 is 34.2. The summed E-state index contributed by atoms with van der Waals surface area (Å²) in [6.45, 7) is 3.62. The maximum Gasteiger partial charge on any atom is 0.338 e. The van der Waals surface area contributed by atoms with Crippen molar-refractivity contribution in [3.8, 4) is 0 Å². The molecular weight excluding hydrogens is 486 g/mol. The molecule has 2 aromatic carbocycles. The first-order chi connectivity index (χ1) is 17.7. The second-order valence-corrected chi connectivity index (χ2v) is 13.3. The van der Waals surface area contributed by atoms with Gasteiger partial charge in [-0.25, -0.2) is 13.2 Å². The number of esters is 1. The molecule has 0 aromatic heterocycles. The van der Waals surface area contributed by atoms with Gasteiger partial charge in [0.2, 0.25) is 0 Å². The maximum absolute atomic E-state index is 13.2. The summed E-state index contributed by atoms with van der Waals surface area (Å²) in [6.07, 6.45) is 9.63. The fraction of sp³-hybridized carbons (Fsp3) is 0.533. The minimum atomic E-state index is -3.90. The molecule has 1 N–H and O–H groups in total. The number of hydrogen-bond donors (Lipinski definition) is 1. The van der Waals surface area contributed by atoms with E-state index < -0.39 is 16.0 Å². The molecular formula is C30H37NO5S. The molecule has 0 amide bonds. The first kappa shape index (κ1) is 26.0. The molecule has 4 aliphatic carbocycles. The number of ketones is 1. The van der Waals surface area contributed by atoms with Crippen molar-refractivity contribution < 1.29 is 22.7 Å². The fourth-order valence-electron chi connectivity index (χ4n) is 7.14. The van der Waals surface area contributed by atoms with Crippen LogP contribution in [0, 0.1) is 30.1 Å². The van der Waals surface area contributed by atoms with Gasteiger partial charge in [0.05, 0.1) is 10.5 Å². The normalized spacial score (nSPS) is 26.2. The number of aryl methyl sites for hydroxylation is 2. The molecule has 4 bridgehead atoms. The van der Waals surface area contributed by atoms with Gasteiger partial charge in [0.15, 0.2) is 12.4 Å². The number of Topliss-reactive ketones (excluding diaryl/α,β-unsaturated/α-hetero) is 1. The minimum absolute atomic E-state index is 0.0208. The van der Waals surface area contributed by atoms with Crippen molar-refractivity contribution in [3.05, 3.63) is 59.2 Å². The Morgan fingerprint density at radius 1 is 0.973 bits per heavy atom. The Balaban J connectivity index is 1.25. The Hall–Kier alpha value is -2.67. The number of unbranched alkanes of at least 4 members (excludes halogenated alkanes) is 1. The third-order valence-corrected chi connectivity index (χ3v) is 10.1. The number of nitrogens with one attached hydrogen (secondary N) is 1. The quantitative estimate of drug-likeness (QED) is 0.381. The topological polar surface area (TPSA) is 89.5 Å². The van der Waals surface area contributed by atoms with E-state index in [1.54, 1.807) is 25.1 Å². The molecule has 4 aliphatic rings. The molecule has 0 unspecified atom stereocenters. The Bertz CT molecular complexity index is 1250. The zero-order chi connectivity index (χ0) is 26.2. The zero-order valence-corrected chi connectivity index (χ0v) is 22.6. The number of carbonyl (C=O) groups excluding carboxylic acids is 2. The molecule has 0 radical (unpaired) electrons. The molecule has 0 spiro atoms. The molecule has 4 saturated carbocycles. The Morgan fingerprint density at radius 2 is 1.59 bits per heavy atom. The van der Waals surface area contributed by atoms with Crippen LogP contribution in [0.3, 0.4) is 0 Å². The highest BCUT2D eigenvalue weighted by Crippen LogP contribution is 2.60. The van der Waals surface area contributed by atoms with Crippen molar-refractivity contribution in [1.29, 1.82) is 0 Å². The van der Waals surface area contributed by atoms with Crippen LogP contribution >= 0.6 is 0 Å². The zero-order valence-electron chi connectivity index (χ0n) is 21.8. The summed E-state index contributed by atoms with van der Waals surface area (Å²) in [5, 5.41) is 0. The van der Waals surface area contributed by atoms with Crippen molar-refractivity contribution >= 4 is 27.5 Å². The van der Waals surface area contributed by atoms with Gasteiger partial charge >= 0.3 is 5.97 Å². The van der Waals surface area contributed by atoms with E-state index in [2.05, 4.69) is 11.6 Å². The van der Waals surface area contributed by atoms with Crippen LogP contribution in [0.15, 0.2) is 47.4 Å². The van der Waals surface area contributed by atoms with Crippen LogP contribution in [0.4, 0.5) is 5.69 Å². The SMILES string of the molecule is CCCCc1ccc(NS(=O)(=O)c2ccc(C)c(C(=O)OCC(=O)C34CC5CC(CC(C5)C3)C4)c2)cc1. The van der Waals surface area contributed by atoms with Gasteiger partial charge in [-0.1, -0.05) is 31.5 Å². The lowest BCUT2D eigenvalue weighted by atomic mass is 9.48.